The molecule has 0 radical (unpaired) electrons. The highest BCUT2D eigenvalue weighted by Crippen LogP contribution is 2.25. The van der Waals surface area contributed by atoms with Gasteiger partial charge in [0.1, 0.15) is 6.04 Å². The summed E-state index contributed by atoms with van der Waals surface area (Å²) in [6.45, 7) is 4.65. The maximum absolute atomic E-state index is 11.8. The van der Waals surface area contributed by atoms with Gasteiger partial charge in [-0.05, 0) is 47.5 Å². The molecule has 3 nitrogen and oxygen atoms in total. The Balaban J connectivity index is 2.50. The number of nitrogens with one attached hydrogen (secondary N) is 2. The number of anilines is 1. The van der Waals surface area contributed by atoms with Gasteiger partial charge in [-0.1, -0.05) is 24.9 Å². The fourth-order valence-electron chi connectivity index (χ4n) is 1.44. The van der Waals surface area contributed by atoms with Crippen LogP contribution in [0.5, 0.6) is 0 Å². The van der Waals surface area contributed by atoms with Crippen molar-refractivity contribution in [3.63, 3.8) is 0 Å². The van der Waals surface area contributed by atoms with Crippen LogP contribution in [-0.2, 0) is 4.79 Å². The topological polar surface area (TPSA) is 41.1 Å². The number of halogens is 2. The molecule has 0 aliphatic rings. The van der Waals surface area contributed by atoms with Crippen molar-refractivity contribution in [1.82, 2.24) is 5.32 Å². The van der Waals surface area contributed by atoms with E-state index in [-0.39, 0.29) is 11.9 Å². The second-order valence-corrected chi connectivity index (χ2v) is 5.40. The molecule has 5 heteroatoms. The molecule has 0 heterocycles. The van der Waals surface area contributed by atoms with E-state index in [0.29, 0.717) is 5.02 Å². The molecule has 1 amide bonds. The maximum atomic E-state index is 11.8. The van der Waals surface area contributed by atoms with Crippen molar-refractivity contribution in [1.29, 1.82) is 0 Å². The monoisotopic (exact) mass is 332 g/mol. The van der Waals surface area contributed by atoms with E-state index >= 15 is 0 Å². The highest BCUT2D eigenvalue weighted by molar-refractivity contribution is 9.10. The van der Waals surface area contributed by atoms with E-state index in [1.54, 1.807) is 6.07 Å². The van der Waals surface area contributed by atoms with Crippen molar-refractivity contribution < 1.29 is 4.79 Å². The van der Waals surface area contributed by atoms with Crippen LogP contribution >= 0.6 is 27.5 Å². The van der Waals surface area contributed by atoms with Gasteiger partial charge >= 0.3 is 0 Å². The first-order valence-corrected chi connectivity index (χ1v) is 7.21. The zero-order chi connectivity index (χ0) is 13.5. The summed E-state index contributed by atoms with van der Waals surface area (Å²) in [6.07, 6.45) is 2.08. The van der Waals surface area contributed by atoms with Gasteiger partial charge in [0.25, 0.3) is 0 Å². The minimum Gasteiger partial charge on any atom is -0.374 e. The van der Waals surface area contributed by atoms with Crippen molar-refractivity contribution in [2.75, 3.05) is 11.9 Å². The van der Waals surface area contributed by atoms with E-state index in [4.69, 9.17) is 11.6 Å². The summed E-state index contributed by atoms with van der Waals surface area (Å²) in [5, 5.41) is 6.63. The van der Waals surface area contributed by atoms with Crippen LogP contribution in [0.4, 0.5) is 5.69 Å². The largest absolute Gasteiger partial charge is 0.374 e. The second kappa shape index (κ2) is 7.64. The van der Waals surface area contributed by atoms with Crippen LogP contribution < -0.4 is 10.6 Å². The van der Waals surface area contributed by atoms with Crippen molar-refractivity contribution >= 4 is 39.1 Å². The molecular formula is C13H18BrClN2O. The molecule has 0 aliphatic heterocycles. The summed E-state index contributed by atoms with van der Waals surface area (Å²) in [5.74, 6) is 0.00231. The second-order valence-electron chi connectivity index (χ2n) is 4.14. The Hall–Kier alpha value is -0.740. The quantitative estimate of drug-likeness (QED) is 0.777. The smallest absolute Gasteiger partial charge is 0.242 e. The first-order valence-electron chi connectivity index (χ1n) is 6.04. The summed E-state index contributed by atoms with van der Waals surface area (Å²) in [6, 6.07) is 5.25. The van der Waals surface area contributed by atoms with Gasteiger partial charge in [0, 0.05) is 16.7 Å². The Labute approximate surface area is 121 Å². The molecular weight excluding hydrogens is 316 g/mol. The molecule has 0 fully saturated rings. The Morgan fingerprint density at radius 3 is 2.83 bits per heavy atom. The number of hydrogen-bond donors (Lipinski definition) is 2. The minimum atomic E-state index is -0.279. The van der Waals surface area contributed by atoms with Gasteiger partial charge in [-0.15, -0.1) is 0 Å². The molecule has 0 aliphatic carbocycles. The summed E-state index contributed by atoms with van der Waals surface area (Å²) in [7, 11) is 0. The van der Waals surface area contributed by atoms with Crippen molar-refractivity contribution in [3.8, 4) is 0 Å². The van der Waals surface area contributed by atoms with Crippen molar-refractivity contribution in [2.45, 2.75) is 32.7 Å². The number of carbonyl (C=O) groups excluding carboxylic acids is 1. The van der Waals surface area contributed by atoms with Gasteiger partial charge in [0.15, 0.2) is 0 Å². The zero-order valence-corrected chi connectivity index (χ0v) is 12.9. The molecule has 2 N–H and O–H groups in total. The molecule has 0 saturated carbocycles. The Morgan fingerprint density at radius 1 is 1.50 bits per heavy atom. The fourth-order valence-corrected chi connectivity index (χ4v) is 1.87. The van der Waals surface area contributed by atoms with Crippen LogP contribution in [0.1, 0.15) is 26.7 Å². The van der Waals surface area contributed by atoms with Crippen LogP contribution in [-0.4, -0.2) is 18.5 Å². The van der Waals surface area contributed by atoms with E-state index in [9.17, 15) is 4.79 Å². The lowest BCUT2D eigenvalue weighted by Gasteiger charge is -2.15. The summed E-state index contributed by atoms with van der Waals surface area (Å²) >= 11 is 9.32. The zero-order valence-electron chi connectivity index (χ0n) is 10.6. The SMILES string of the molecule is CCCCNC(=O)C(C)Nc1ccc(Br)c(Cl)c1. The highest BCUT2D eigenvalue weighted by atomic mass is 79.9. The lowest BCUT2D eigenvalue weighted by Crippen LogP contribution is -2.37. The van der Waals surface area contributed by atoms with Gasteiger partial charge in [0.2, 0.25) is 5.91 Å². The molecule has 1 unspecified atom stereocenters. The van der Waals surface area contributed by atoms with Gasteiger partial charge in [0.05, 0.1) is 5.02 Å². The lowest BCUT2D eigenvalue weighted by atomic mass is 10.2. The molecule has 18 heavy (non-hydrogen) atoms. The number of amides is 1. The molecule has 0 bridgehead atoms. The predicted octanol–water partition coefficient (Wildman–Crippen LogP) is 3.82. The number of rotatable bonds is 6. The summed E-state index contributed by atoms with van der Waals surface area (Å²) < 4.78 is 0.842. The van der Waals surface area contributed by atoms with Crippen molar-refractivity contribution in [3.05, 3.63) is 27.7 Å². The van der Waals surface area contributed by atoms with E-state index in [0.717, 1.165) is 29.5 Å². The fraction of sp³-hybridized carbons (Fsp3) is 0.462. The van der Waals surface area contributed by atoms with E-state index < -0.39 is 0 Å². The Morgan fingerprint density at radius 2 is 2.22 bits per heavy atom. The Kier molecular flexibility index (Phi) is 6.50. The van der Waals surface area contributed by atoms with Gasteiger partial charge < -0.3 is 10.6 Å². The van der Waals surface area contributed by atoms with Crippen LogP contribution in [0.25, 0.3) is 0 Å². The normalized spacial score (nSPS) is 12.0. The van der Waals surface area contributed by atoms with E-state index in [2.05, 4.69) is 33.5 Å². The molecule has 100 valence electrons. The summed E-state index contributed by atoms with van der Waals surface area (Å²) in [4.78, 5) is 11.8. The first-order chi connectivity index (χ1) is 8.54. The number of carbonyl (C=O) groups is 1. The minimum absolute atomic E-state index is 0.00231. The third-order valence-electron chi connectivity index (χ3n) is 2.53. The van der Waals surface area contributed by atoms with Crippen molar-refractivity contribution in [2.24, 2.45) is 0 Å². The van der Waals surface area contributed by atoms with Crippen LogP contribution in [0.2, 0.25) is 5.02 Å². The van der Waals surface area contributed by atoms with Gasteiger partial charge in [-0.2, -0.15) is 0 Å². The molecule has 0 spiro atoms. The third kappa shape index (κ3) is 4.86. The van der Waals surface area contributed by atoms with E-state index in [1.807, 2.05) is 19.1 Å². The number of hydrogen-bond acceptors (Lipinski definition) is 2. The highest BCUT2D eigenvalue weighted by Gasteiger charge is 2.12. The van der Waals surface area contributed by atoms with Gasteiger partial charge in [-0.25, -0.2) is 0 Å². The van der Waals surface area contributed by atoms with Crippen LogP contribution in [0.3, 0.4) is 0 Å². The lowest BCUT2D eigenvalue weighted by molar-refractivity contribution is -0.121. The first kappa shape index (κ1) is 15.3. The molecule has 0 aromatic heterocycles. The molecule has 1 aromatic carbocycles. The van der Waals surface area contributed by atoms with E-state index in [1.165, 1.54) is 0 Å². The van der Waals surface area contributed by atoms with Gasteiger partial charge in [-0.3, -0.25) is 4.79 Å². The van der Waals surface area contributed by atoms with Crippen LogP contribution in [0.15, 0.2) is 22.7 Å². The average molecular weight is 334 g/mol. The molecule has 0 saturated heterocycles. The Bertz CT molecular complexity index is 412. The number of unbranched alkanes of at least 4 members (excludes halogenated alkanes) is 1. The molecule has 1 aromatic rings. The predicted molar refractivity (Wildman–Crippen MR) is 80.2 cm³/mol. The van der Waals surface area contributed by atoms with Crippen LogP contribution in [0, 0.1) is 0 Å². The molecule has 1 rings (SSSR count). The average Bonchev–Trinajstić information content (AvgIpc) is 2.34. The third-order valence-corrected chi connectivity index (χ3v) is 3.76. The maximum Gasteiger partial charge on any atom is 0.242 e. The molecule has 1 atom stereocenters. The number of benzene rings is 1. The summed E-state index contributed by atoms with van der Waals surface area (Å²) in [5.41, 5.74) is 0.835. The standard InChI is InChI=1S/C13H18BrClN2O/c1-3-4-7-16-13(18)9(2)17-10-5-6-11(14)12(15)8-10/h5-6,8-9,17H,3-4,7H2,1-2H3,(H,16,18).